The van der Waals surface area contributed by atoms with Gasteiger partial charge in [0.25, 0.3) is 5.91 Å². The van der Waals surface area contributed by atoms with Crippen molar-refractivity contribution in [3.63, 3.8) is 0 Å². The fourth-order valence-electron chi connectivity index (χ4n) is 2.37. The lowest BCUT2D eigenvalue weighted by molar-refractivity contribution is -0.129. The number of rotatable bonds is 7. The first-order valence-corrected chi connectivity index (χ1v) is 8.31. The lowest BCUT2D eigenvalue weighted by atomic mass is 10.2. The number of nitrogens with zero attached hydrogens (tertiary/aromatic N) is 1. The van der Waals surface area contributed by atoms with E-state index in [0.717, 1.165) is 5.56 Å². The molecule has 2 amide bonds. The summed E-state index contributed by atoms with van der Waals surface area (Å²) in [5.41, 5.74) is 1.30. The van der Waals surface area contributed by atoms with Gasteiger partial charge in [0.2, 0.25) is 5.91 Å². The van der Waals surface area contributed by atoms with Crippen LogP contribution < -0.4 is 14.8 Å². The highest BCUT2D eigenvalue weighted by atomic mass is 35.5. The molecule has 2 aromatic carbocycles. The molecule has 6 nitrogen and oxygen atoms in total. The van der Waals surface area contributed by atoms with Crippen molar-refractivity contribution in [2.24, 2.45) is 0 Å². The summed E-state index contributed by atoms with van der Waals surface area (Å²) in [7, 11) is 4.69. The monoisotopic (exact) mass is 376 g/mol. The van der Waals surface area contributed by atoms with Gasteiger partial charge in [-0.25, -0.2) is 0 Å². The van der Waals surface area contributed by atoms with Crippen molar-refractivity contribution < 1.29 is 19.1 Å². The number of halogens is 1. The van der Waals surface area contributed by atoms with Gasteiger partial charge in [-0.2, -0.15) is 0 Å². The van der Waals surface area contributed by atoms with Crippen molar-refractivity contribution in [2.45, 2.75) is 6.54 Å². The summed E-state index contributed by atoms with van der Waals surface area (Å²) in [4.78, 5) is 26.0. The highest BCUT2D eigenvalue weighted by Crippen LogP contribution is 2.27. The average molecular weight is 377 g/mol. The summed E-state index contributed by atoms with van der Waals surface area (Å²) in [5.74, 6) is 0.403. The van der Waals surface area contributed by atoms with Gasteiger partial charge in [-0.15, -0.1) is 0 Å². The lowest BCUT2D eigenvalue weighted by Crippen LogP contribution is -2.37. The molecule has 0 fully saturated rings. The minimum Gasteiger partial charge on any atom is -0.493 e. The molecule has 0 aliphatic carbocycles. The Balaban J connectivity index is 1.92. The molecule has 7 heteroatoms. The Bertz CT molecular complexity index is 795. The topological polar surface area (TPSA) is 67.9 Å². The van der Waals surface area contributed by atoms with Crippen molar-refractivity contribution in [3.05, 3.63) is 58.6 Å². The maximum absolute atomic E-state index is 12.2. The van der Waals surface area contributed by atoms with Crippen molar-refractivity contribution in [3.8, 4) is 11.5 Å². The van der Waals surface area contributed by atoms with Crippen molar-refractivity contribution in [1.82, 2.24) is 10.2 Å². The summed E-state index contributed by atoms with van der Waals surface area (Å²) in [6.07, 6.45) is 0. The molecule has 0 atom stereocenters. The number of carbonyl (C=O) groups excluding carboxylic acids is 2. The maximum Gasteiger partial charge on any atom is 0.251 e. The molecule has 0 heterocycles. The van der Waals surface area contributed by atoms with Crippen LogP contribution in [0.1, 0.15) is 15.9 Å². The third-order valence-corrected chi connectivity index (χ3v) is 4.02. The van der Waals surface area contributed by atoms with E-state index >= 15 is 0 Å². The van der Waals surface area contributed by atoms with Crippen LogP contribution in [0.3, 0.4) is 0 Å². The van der Waals surface area contributed by atoms with Crippen LogP contribution >= 0.6 is 11.6 Å². The second-order valence-electron chi connectivity index (χ2n) is 5.63. The number of carbonyl (C=O) groups is 2. The quantitative estimate of drug-likeness (QED) is 0.806. The molecule has 0 spiro atoms. The number of benzene rings is 2. The third kappa shape index (κ3) is 5.13. The second-order valence-corrected chi connectivity index (χ2v) is 6.07. The number of amides is 2. The Hall–Kier alpha value is -2.73. The molecular weight excluding hydrogens is 356 g/mol. The molecule has 0 saturated carbocycles. The van der Waals surface area contributed by atoms with Gasteiger partial charge in [-0.1, -0.05) is 23.7 Å². The summed E-state index contributed by atoms with van der Waals surface area (Å²) in [5, 5.41) is 3.23. The van der Waals surface area contributed by atoms with Gasteiger partial charge in [-0.3, -0.25) is 9.59 Å². The first kappa shape index (κ1) is 19.6. The fraction of sp³-hybridized carbons (Fsp3) is 0.263. The van der Waals surface area contributed by atoms with Crippen molar-refractivity contribution in [1.29, 1.82) is 0 Å². The second kappa shape index (κ2) is 9.10. The minimum atomic E-state index is -0.365. The molecule has 0 aliphatic heterocycles. The zero-order valence-corrected chi connectivity index (χ0v) is 15.7. The molecule has 0 aromatic heterocycles. The van der Waals surface area contributed by atoms with E-state index in [2.05, 4.69) is 5.32 Å². The number of ether oxygens (including phenoxy) is 2. The van der Waals surface area contributed by atoms with Gasteiger partial charge in [0, 0.05) is 24.2 Å². The number of methoxy groups -OCH3 is 2. The normalized spacial score (nSPS) is 10.2. The average Bonchev–Trinajstić information content (AvgIpc) is 2.65. The van der Waals surface area contributed by atoms with Crippen LogP contribution in [0.25, 0.3) is 0 Å². The van der Waals surface area contributed by atoms with E-state index in [1.807, 2.05) is 12.1 Å². The van der Waals surface area contributed by atoms with Crippen molar-refractivity contribution in [2.75, 3.05) is 27.8 Å². The predicted octanol–water partition coefficient (Wildman–Crippen LogP) is 2.75. The maximum atomic E-state index is 12.2. The number of hydrogen-bond donors (Lipinski definition) is 1. The molecule has 0 unspecified atom stereocenters. The summed E-state index contributed by atoms with van der Waals surface area (Å²) in [6, 6.07) is 12.1. The predicted molar refractivity (Wildman–Crippen MR) is 99.8 cm³/mol. The molecule has 2 rings (SSSR count). The number of likely N-dealkylation sites (N-methyl/N-ethyl adjacent to an activating group) is 1. The Morgan fingerprint density at radius 1 is 1.08 bits per heavy atom. The largest absolute Gasteiger partial charge is 0.493 e. The Labute approximate surface area is 157 Å². The van der Waals surface area contributed by atoms with E-state index in [0.29, 0.717) is 28.6 Å². The van der Waals surface area contributed by atoms with Crippen LogP contribution in [0.15, 0.2) is 42.5 Å². The van der Waals surface area contributed by atoms with E-state index in [1.165, 1.54) is 19.1 Å². The number of nitrogens with one attached hydrogen (secondary N) is 1. The van der Waals surface area contributed by atoms with Gasteiger partial charge >= 0.3 is 0 Å². The summed E-state index contributed by atoms with van der Waals surface area (Å²) < 4.78 is 10.3. The van der Waals surface area contributed by atoms with Crippen molar-refractivity contribution >= 4 is 23.4 Å². The van der Waals surface area contributed by atoms with Gasteiger partial charge in [0.15, 0.2) is 11.5 Å². The van der Waals surface area contributed by atoms with Crippen LogP contribution in [-0.4, -0.2) is 44.5 Å². The fourth-order valence-corrected chi connectivity index (χ4v) is 2.58. The Kier molecular flexibility index (Phi) is 6.86. The van der Waals surface area contributed by atoms with Crippen LogP contribution in [0.5, 0.6) is 11.5 Å². The van der Waals surface area contributed by atoms with Gasteiger partial charge in [0.05, 0.1) is 20.8 Å². The van der Waals surface area contributed by atoms with Crippen LogP contribution in [-0.2, 0) is 11.3 Å². The molecule has 0 radical (unpaired) electrons. The molecule has 26 heavy (non-hydrogen) atoms. The molecule has 2 aromatic rings. The van der Waals surface area contributed by atoms with Crippen LogP contribution in [0, 0.1) is 0 Å². The molecular formula is C19H21ClN2O4. The Morgan fingerprint density at radius 2 is 1.81 bits per heavy atom. The van der Waals surface area contributed by atoms with E-state index in [4.69, 9.17) is 21.1 Å². The molecule has 0 bridgehead atoms. The standard InChI is InChI=1S/C19H21ClN2O4/c1-22(12-13-5-4-6-15(20)9-13)18(23)11-21-19(24)14-7-8-16(25-2)17(10-14)26-3/h4-10H,11-12H2,1-3H3,(H,21,24). The molecule has 0 aliphatic rings. The van der Waals surface area contributed by atoms with E-state index in [-0.39, 0.29) is 18.4 Å². The van der Waals surface area contributed by atoms with E-state index in [9.17, 15) is 9.59 Å². The van der Waals surface area contributed by atoms with E-state index in [1.54, 1.807) is 37.4 Å². The smallest absolute Gasteiger partial charge is 0.251 e. The molecule has 138 valence electrons. The molecule has 0 saturated heterocycles. The highest BCUT2D eigenvalue weighted by Gasteiger charge is 2.14. The SMILES string of the molecule is COc1ccc(C(=O)NCC(=O)N(C)Cc2cccc(Cl)c2)cc1OC. The van der Waals surface area contributed by atoms with Crippen LogP contribution in [0.2, 0.25) is 5.02 Å². The first-order chi connectivity index (χ1) is 12.4. The van der Waals surface area contributed by atoms with Gasteiger partial charge in [0.1, 0.15) is 0 Å². The first-order valence-electron chi connectivity index (χ1n) is 7.93. The van der Waals surface area contributed by atoms with E-state index < -0.39 is 0 Å². The zero-order chi connectivity index (χ0) is 19.1. The zero-order valence-electron chi connectivity index (χ0n) is 14.9. The summed E-state index contributed by atoms with van der Waals surface area (Å²) >= 11 is 5.95. The minimum absolute atomic E-state index is 0.107. The molecule has 1 N–H and O–H groups in total. The number of hydrogen-bond acceptors (Lipinski definition) is 4. The summed E-state index contributed by atoms with van der Waals surface area (Å²) in [6.45, 7) is 0.301. The van der Waals surface area contributed by atoms with Gasteiger partial charge < -0.3 is 19.7 Å². The van der Waals surface area contributed by atoms with Crippen LogP contribution in [0.4, 0.5) is 0 Å². The lowest BCUT2D eigenvalue weighted by Gasteiger charge is -2.18. The Morgan fingerprint density at radius 3 is 2.46 bits per heavy atom. The highest BCUT2D eigenvalue weighted by molar-refractivity contribution is 6.30. The third-order valence-electron chi connectivity index (χ3n) is 3.78. The van der Waals surface area contributed by atoms with Gasteiger partial charge in [-0.05, 0) is 35.9 Å².